The fourth-order valence-electron chi connectivity index (χ4n) is 3.99. The van der Waals surface area contributed by atoms with Gasteiger partial charge in [-0.05, 0) is 51.0 Å². The Balaban J connectivity index is 1.94. The number of hydrogen-bond donors (Lipinski definition) is 0. The molecule has 1 saturated carbocycles. The molecule has 0 amide bonds. The molecule has 2 aliphatic rings. The number of rotatable bonds is 1. The molecule has 0 spiro atoms. The van der Waals surface area contributed by atoms with Crippen molar-refractivity contribution in [3.8, 4) is 0 Å². The van der Waals surface area contributed by atoms with Gasteiger partial charge in [0.05, 0.1) is 0 Å². The van der Waals surface area contributed by atoms with Gasteiger partial charge in [0, 0.05) is 29.4 Å². The topological polar surface area (TPSA) is 22.0 Å². The number of aryl methyl sites for hydroxylation is 1. The van der Waals surface area contributed by atoms with Gasteiger partial charge in [-0.3, -0.25) is 4.79 Å². The van der Waals surface area contributed by atoms with E-state index in [0.717, 1.165) is 30.7 Å². The van der Waals surface area contributed by atoms with Gasteiger partial charge in [-0.2, -0.15) is 0 Å². The number of fused-ring (bicyclic) bond motifs is 1. The van der Waals surface area contributed by atoms with Crippen LogP contribution in [0.2, 0.25) is 0 Å². The minimum atomic E-state index is 0.366. The molecule has 2 nitrogen and oxygen atoms in total. The summed E-state index contributed by atoms with van der Waals surface area (Å²) >= 11 is 0. The minimum absolute atomic E-state index is 0.366. The number of carbonyl (C=O) groups is 1. The van der Waals surface area contributed by atoms with Crippen molar-refractivity contribution in [2.24, 2.45) is 5.92 Å². The SMILES string of the molecule is Cc1cc2c(n1C1CCCC(C)CC1)CCCC2=O. The average Bonchev–Trinajstić information content (AvgIpc) is 2.57. The van der Waals surface area contributed by atoms with Crippen LogP contribution < -0.4 is 0 Å². The summed E-state index contributed by atoms with van der Waals surface area (Å²) in [6.45, 7) is 4.56. The summed E-state index contributed by atoms with van der Waals surface area (Å²) < 4.78 is 2.52. The average molecular weight is 259 g/mol. The van der Waals surface area contributed by atoms with Crippen LogP contribution in [0.15, 0.2) is 6.07 Å². The molecule has 1 aromatic rings. The molecule has 2 heteroatoms. The molecule has 104 valence electrons. The highest BCUT2D eigenvalue weighted by Gasteiger charge is 2.27. The van der Waals surface area contributed by atoms with Gasteiger partial charge in [-0.1, -0.05) is 19.8 Å². The molecule has 0 N–H and O–H groups in total. The Morgan fingerprint density at radius 1 is 1.11 bits per heavy atom. The Morgan fingerprint density at radius 3 is 2.79 bits per heavy atom. The summed E-state index contributed by atoms with van der Waals surface area (Å²) in [6.07, 6.45) is 9.52. The monoisotopic (exact) mass is 259 g/mol. The summed E-state index contributed by atoms with van der Waals surface area (Å²) in [5, 5.41) is 0. The molecule has 3 rings (SSSR count). The maximum atomic E-state index is 12.0. The van der Waals surface area contributed by atoms with Gasteiger partial charge in [0.15, 0.2) is 5.78 Å². The molecule has 1 aromatic heterocycles. The quantitative estimate of drug-likeness (QED) is 0.683. The smallest absolute Gasteiger partial charge is 0.164 e. The second-order valence-corrected chi connectivity index (χ2v) is 6.56. The van der Waals surface area contributed by atoms with Crippen LogP contribution in [0.4, 0.5) is 0 Å². The number of carbonyl (C=O) groups excluding carboxylic acids is 1. The van der Waals surface area contributed by atoms with E-state index in [1.54, 1.807) is 0 Å². The van der Waals surface area contributed by atoms with Crippen LogP contribution in [0, 0.1) is 12.8 Å². The standard InChI is InChI=1S/C17H25NO/c1-12-5-3-6-14(10-9-12)18-13(2)11-15-16(18)7-4-8-17(15)19/h11-12,14H,3-10H2,1-2H3. The lowest BCUT2D eigenvalue weighted by atomic mass is 9.96. The first-order valence-corrected chi connectivity index (χ1v) is 7.90. The van der Waals surface area contributed by atoms with Crippen LogP contribution in [0.5, 0.6) is 0 Å². The highest BCUT2D eigenvalue weighted by Crippen LogP contribution is 2.35. The van der Waals surface area contributed by atoms with Gasteiger partial charge in [0.25, 0.3) is 0 Å². The van der Waals surface area contributed by atoms with Crippen LogP contribution in [0.3, 0.4) is 0 Å². The molecule has 0 radical (unpaired) electrons. The van der Waals surface area contributed by atoms with Crippen molar-refractivity contribution >= 4 is 5.78 Å². The number of hydrogen-bond acceptors (Lipinski definition) is 1. The van der Waals surface area contributed by atoms with Crippen molar-refractivity contribution in [1.82, 2.24) is 4.57 Å². The third-order valence-corrected chi connectivity index (χ3v) is 5.04. The first-order chi connectivity index (χ1) is 9.16. The van der Waals surface area contributed by atoms with E-state index in [-0.39, 0.29) is 0 Å². The van der Waals surface area contributed by atoms with Crippen molar-refractivity contribution in [3.05, 3.63) is 23.0 Å². The van der Waals surface area contributed by atoms with E-state index in [1.165, 1.54) is 43.5 Å². The van der Waals surface area contributed by atoms with Crippen molar-refractivity contribution < 1.29 is 4.79 Å². The van der Waals surface area contributed by atoms with Crippen LogP contribution in [0.1, 0.15) is 79.7 Å². The summed E-state index contributed by atoms with van der Waals surface area (Å²) in [5.41, 5.74) is 3.68. The van der Waals surface area contributed by atoms with E-state index in [4.69, 9.17) is 0 Å². The fourth-order valence-corrected chi connectivity index (χ4v) is 3.99. The van der Waals surface area contributed by atoms with Gasteiger partial charge < -0.3 is 4.57 Å². The highest BCUT2D eigenvalue weighted by molar-refractivity contribution is 5.98. The van der Waals surface area contributed by atoms with E-state index in [9.17, 15) is 4.79 Å². The lowest BCUT2D eigenvalue weighted by molar-refractivity contribution is 0.0971. The molecule has 1 heterocycles. The maximum absolute atomic E-state index is 12.0. The van der Waals surface area contributed by atoms with Crippen molar-refractivity contribution in [2.75, 3.05) is 0 Å². The molecular weight excluding hydrogens is 234 g/mol. The van der Waals surface area contributed by atoms with Gasteiger partial charge in [-0.25, -0.2) is 0 Å². The molecule has 2 unspecified atom stereocenters. The minimum Gasteiger partial charge on any atom is -0.345 e. The molecule has 2 atom stereocenters. The molecular formula is C17H25NO. The predicted octanol–water partition coefficient (Wildman–Crippen LogP) is 4.46. The molecule has 0 bridgehead atoms. The number of Topliss-reactive ketones (excluding diaryl/α,β-unsaturated/α-hetero) is 1. The first kappa shape index (κ1) is 13.0. The van der Waals surface area contributed by atoms with E-state index >= 15 is 0 Å². The Hall–Kier alpha value is -1.05. The largest absolute Gasteiger partial charge is 0.345 e. The fraction of sp³-hybridized carbons (Fsp3) is 0.706. The molecule has 1 fully saturated rings. The lowest BCUT2D eigenvalue weighted by Gasteiger charge is -2.24. The van der Waals surface area contributed by atoms with Gasteiger partial charge >= 0.3 is 0 Å². The van der Waals surface area contributed by atoms with Gasteiger partial charge in [-0.15, -0.1) is 0 Å². The van der Waals surface area contributed by atoms with Gasteiger partial charge in [0.1, 0.15) is 0 Å². The predicted molar refractivity (Wildman–Crippen MR) is 77.7 cm³/mol. The second-order valence-electron chi connectivity index (χ2n) is 6.56. The van der Waals surface area contributed by atoms with Crippen LogP contribution in [0.25, 0.3) is 0 Å². The zero-order valence-electron chi connectivity index (χ0n) is 12.2. The van der Waals surface area contributed by atoms with Crippen LogP contribution in [-0.2, 0) is 6.42 Å². The molecule has 2 aliphatic carbocycles. The Bertz CT molecular complexity index is 486. The van der Waals surface area contributed by atoms with E-state index < -0.39 is 0 Å². The van der Waals surface area contributed by atoms with Crippen molar-refractivity contribution in [2.45, 2.75) is 71.3 Å². The molecule has 0 saturated heterocycles. The second kappa shape index (κ2) is 5.15. The van der Waals surface area contributed by atoms with Crippen LogP contribution >= 0.6 is 0 Å². The Labute approximate surface area is 116 Å². The van der Waals surface area contributed by atoms with Crippen molar-refractivity contribution in [3.63, 3.8) is 0 Å². The zero-order chi connectivity index (χ0) is 13.4. The van der Waals surface area contributed by atoms with Crippen molar-refractivity contribution in [1.29, 1.82) is 0 Å². The Morgan fingerprint density at radius 2 is 1.95 bits per heavy atom. The molecule has 19 heavy (non-hydrogen) atoms. The highest BCUT2D eigenvalue weighted by atomic mass is 16.1. The number of ketones is 1. The summed E-state index contributed by atoms with van der Waals surface area (Å²) in [7, 11) is 0. The van der Waals surface area contributed by atoms with Gasteiger partial charge in [0.2, 0.25) is 0 Å². The summed E-state index contributed by atoms with van der Waals surface area (Å²) in [4.78, 5) is 12.0. The Kier molecular flexibility index (Phi) is 3.51. The van der Waals surface area contributed by atoms with Crippen LogP contribution in [-0.4, -0.2) is 10.4 Å². The zero-order valence-corrected chi connectivity index (χ0v) is 12.2. The molecule has 0 aromatic carbocycles. The normalized spacial score (nSPS) is 28.0. The number of aromatic nitrogens is 1. The maximum Gasteiger partial charge on any atom is 0.164 e. The van der Waals surface area contributed by atoms with E-state index in [1.807, 2.05) is 0 Å². The third-order valence-electron chi connectivity index (χ3n) is 5.04. The van der Waals surface area contributed by atoms with E-state index in [0.29, 0.717) is 11.8 Å². The summed E-state index contributed by atoms with van der Waals surface area (Å²) in [6, 6.07) is 2.78. The third kappa shape index (κ3) is 2.37. The lowest BCUT2D eigenvalue weighted by Crippen LogP contribution is -2.17. The number of nitrogens with zero attached hydrogens (tertiary/aromatic N) is 1. The molecule has 0 aliphatic heterocycles. The van der Waals surface area contributed by atoms with E-state index in [2.05, 4.69) is 24.5 Å². The first-order valence-electron chi connectivity index (χ1n) is 7.90. The summed E-state index contributed by atoms with van der Waals surface area (Å²) in [5.74, 6) is 1.24.